The minimum absolute atomic E-state index is 0.00900. The summed E-state index contributed by atoms with van der Waals surface area (Å²) in [6, 6.07) is 10.6. The molecule has 0 bridgehead atoms. The van der Waals surface area contributed by atoms with E-state index in [9.17, 15) is 9.90 Å². The fourth-order valence-electron chi connectivity index (χ4n) is 3.89. The summed E-state index contributed by atoms with van der Waals surface area (Å²) in [6.07, 6.45) is 3.04. The average Bonchev–Trinajstić information content (AvgIpc) is 2.70. The predicted octanol–water partition coefficient (Wildman–Crippen LogP) is 1.36. The van der Waals surface area contributed by atoms with Gasteiger partial charge in [0, 0.05) is 52.4 Å². The van der Waals surface area contributed by atoms with Crippen molar-refractivity contribution in [3.63, 3.8) is 0 Å². The minimum atomic E-state index is -0.0218. The molecule has 0 spiro atoms. The van der Waals surface area contributed by atoms with Gasteiger partial charge in [0.05, 0.1) is 12.6 Å². The Morgan fingerprint density at radius 3 is 2.50 bits per heavy atom. The number of nitrogens with one attached hydrogen (secondary N) is 1. The van der Waals surface area contributed by atoms with Gasteiger partial charge in [0.15, 0.2) is 0 Å². The lowest BCUT2D eigenvalue weighted by Gasteiger charge is -2.36. The molecule has 0 radical (unpaired) electrons. The van der Waals surface area contributed by atoms with E-state index >= 15 is 0 Å². The molecule has 2 aliphatic heterocycles. The molecular formula is C20H32N4O2. The number of hydrogen-bond donors (Lipinski definition) is 2. The zero-order valence-electron chi connectivity index (χ0n) is 15.6. The number of carbonyl (C=O) groups excluding carboxylic acids is 1. The van der Waals surface area contributed by atoms with Gasteiger partial charge in [0.2, 0.25) is 0 Å². The molecule has 2 aliphatic rings. The van der Waals surface area contributed by atoms with Gasteiger partial charge in [-0.1, -0.05) is 30.3 Å². The van der Waals surface area contributed by atoms with E-state index in [1.165, 1.54) is 5.56 Å². The van der Waals surface area contributed by atoms with Gasteiger partial charge in [-0.3, -0.25) is 9.80 Å². The van der Waals surface area contributed by atoms with Crippen molar-refractivity contribution in [2.24, 2.45) is 0 Å². The number of hydrogen-bond acceptors (Lipinski definition) is 4. The molecule has 6 nitrogen and oxygen atoms in total. The number of urea groups is 1. The van der Waals surface area contributed by atoms with Crippen molar-refractivity contribution in [1.29, 1.82) is 0 Å². The van der Waals surface area contributed by atoms with E-state index in [0.29, 0.717) is 6.54 Å². The predicted molar refractivity (Wildman–Crippen MR) is 103 cm³/mol. The lowest BCUT2D eigenvalue weighted by atomic mass is 10.0. The maximum absolute atomic E-state index is 12.3. The Morgan fingerprint density at radius 1 is 1.04 bits per heavy atom. The number of rotatable bonds is 6. The van der Waals surface area contributed by atoms with Crippen LogP contribution in [0.1, 0.15) is 24.8 Å². The van der Waals surface area contributed by atoms with Crippen LogP contribution in [-0.2, 0) is 6.54 Å². The molecule has 1 aromatic rings. The summed E-state index contributed by atoms with van der Waals surface area (Å²) >= 11 is 0. The lowest BCUT2D eigenvalue weighted by molar-refractivity contribution is 0.105. The normalized spacial score (nSPS) is 22.3. The number of carbonyl (C=O) groups is 1. The molecule has 0 unspecified atom stereocenters. The largest absolute Gasteiger partial charge is 0.394 e. The second-order valence-electron chi connectivity index (χ2n) is 7.36. The van der Waals surface area contributed by atoms with E-state index in [-0.39, 0.29) is 18.7 Å². The molecule has 1 aromatic carbocycles. The van der Waals surface area contributed by atoms with Crippen LogP contribution >= 0.6 is 0 Å². The van der Waals surface area contributed by atoms with E-state index in [2.05, 4.69) is 45.4 Å². The van der Waals surface area contributed by atoms with Crippen LogP contribution in [0.15, 0.2) is 30.3 Å². The highest BCUT2D eigenvalue weighted by molar-refractivity contribution is 5.74. The molecule has 3 rings (SSSR count). The number of amides is 2. The first kappa shape index (κ1) is 19.1. The van der Waals surface area contributed by atoms with Crippen molar-refractivity contribution in [2.75, 3.05) is 52.4 Å². The maximum Gasteiger partial charge on any atom is 0.317 e. The summed E-state index contributed by atoms with van der Waals surface area (Å²) < 4.78 is 0. The summed E-state index contributed by atoms with van der Waals surface area (Å²) in [5.74, 6) is 0. The van der Waals surface area contributed by atoms with Crippen molar-refractivity contribution < 1.29 is 9.90 Å². The standard InChI is InChI=1S/C20H32N4O2/c25-17-19-8-4-5-10-24(19)20(26)21-9-11-22-12-14-23(15-13-22)16-18-6-2-1-3-7-18/h1-3,6-7,19,25H,4-5,8-17H2,(H,21,26)/t19-/m1/s1. The number of nitrogens with zero attached hydrogens (tertiary/aromatic N) is 3. The number of aliphatic hydroxyl groups excluding tert-OH is 1. The van der Waals surface area contributed by atoms with Crippen molar-refractivity contribution >= 4 is 6.03 Å². The molecule has 0 aromatic heterocycles. The van der Waals surface area contributed by atoms with Crippen molar-refractivity contribution in [3.05, 3.63) is 35.9 Å². The van der Waals surface area contributed by atoms with Gasteiger partial charge >= 0.3 is 6.03 Å². The third kappa shape index (κ3) is 5.43. The quantitative estimate of drug-likeness (QED) is 0.804. The highest BCUT2D eigenvalue weighted by Gasteiger charge is 2.26. The van der Waals surface area contributed by atoms with Crippen LogP contribution in [0.25, 0.3) is 0 Å². The van der Waals surface area contributed by atoms with E-state index in [1.54, 1.807) is 4.90 Å². The zero-order valence-corrected chi connectivity index (χ0v) is 15.6. The number of piperazine rings is 1. The maximum atomic E-state index is 12.3. The molecule has 2 heterocycles. The molecule has 0 aliphatic carbocycles. The van der Waals surface area contributed by atoms with Gasteiger partial charge < -0.3 is 15.3 Å². The summed E-state index contributed by atoms with van der Waals surface area (Å²) in [6.45, 7) is 7.64. The molecule has 144 valence electrons. The number of piperidine rings is 1. The Morgan fingerprint density at radius 2 is 1.77 bits per heavy atom. The summed E-state index contributed by atoms with van der Waals surface area (Å²) in [7, 11) is 0. The highest BCUT2D eigenvalue weighted by Crippen LogP contribution is 2.16. The smallest absolute Gasteiger partial charge is 0.317 e. The molecule has 2 saturated heterocycles. The average molecular weight is 361 g/mol. The summed E-state index contributed by atoms with van der Waals surface area (Å²) in [4.78, 5) is 19.1. The molecule has 2 fully saturated rings. The van der Waals surface area contributed by atoms with Crippen LogP contribution in [0, 0.1) is 0 Å². The van der Waals surface area contributed by atoms with Crippen LogP contribution in [-0.4, -0.2) is 84.3 Å². The number of likely N-dealkylation sites (tertiary alicyclic amines) is 1. The number of benzene rings is 1. The van der Waals surface area contributed by atoms with E-state index in [1.807, 2.05) is 0 Å². The Labute approximate surface area is 156 Å². The van der Waals surface area contributed by atoms with Crippen LogP contribution < -0.4 is 5.32 Å². The lowest BCUT2D eigenvalue weighted by Crippen LogP contribution is -2.52. The van der Waals surface area contributed by atoms with Gasteiger partial charge in [-0.25, -0.2) is 4.79 Å². The second kappa shape index (κ2) is 9.90. The van der Waals surface area contributed by atoms with Gasteiger partial charge in [-0.05, 0) is 24.8 Å². The van der Waals surface area contributed by atoms with Gasteiger partial charge in [0.1, 0.15) is 0 Å². The SMILES string of the molecule is O=C(NCCN1CCN(Cc2ccccc2)CC1)N1CCCC[C@@H]1CO. The fourth-order valence-corrected chi connectivity index (χ4v) is 3.89. The van der Waals surface area contributed by atoms with Crippen molar-refractivity contribution in [3.8, 4) is 0 Å². The second-order valence-corrected chi connectivity index (χ2v) is 7.36. The van der Waals surface area contributed by atoms with Gasteiger partial charge in [-0.15, -0.1) is 0 Å². The van der Waals surface area contributed by atoms with Gasteiger partial charge in [0.25, 0.3) is 0 Å². The monoisotopic (exact) mass is 360 g/mol. The van der Waals surface area contributed by atoms with E-state index < -0.39 is 0 Å². The number of aliphatic hydroxyl groups is 1. The Balaban J connectivity index is 1.33. The van der Waals surface area contributed by atoms with Crippen molar-refractivity contribution in [1.82, 2.24) is 20.0 Å². The van der Waals surface area contributed by atoms with Crippen LogP contribution in [0.5, 0.6) is 0 Å². The topological polar surface area (TPSA) is 59.1 Å². The Bertz CT molecular complexity index is 546. The Hall–Kier alpha value is -1.63. The van der Waals surface area contributed by atoms with E-state index in [4.69, 9.17) is 0 Å². The Kier molecular flexibility index (Phi) is 7.29. The molecule has 6 heteroatoms. The molecule has 1 atom stereocenters. The first-order valence-corrected chi connectivity index (χ1v) is 9.90. The molecule has 2 N–H and O–H groups in total. The molecular weight excluding hydrogens is 328 g/mol. The molecule has 2 amide bonds. The summed E-state index contributed by atoms with van der Waals surface area (Å²) in [5.41, 5.74) is 1.37. The summed E-state index contributed by atoms with van der Waals surface area (Å²) in [5, 5.41) is 12.5. The third-order valence-electron chi connectivity index (χ3n) is 5.52. The highest BCUT2D eigenvalue weighted by atomic mass is 16.3. The van der Waals surface area contributed by atoms with Gasteiger partial charge in [-0.2, -0.15) is 0 Å². The third-order valence-corrected chi connectivity index (χ3v) is 5.52. The zero-order chi connectivity index (χ0) is 18.2. The van der Waals surface area contributed by atoms with Crippen LogP contribution in [0.2, 0.25) is 0 Å². The molecule has 26 heavy (non-hydrogen) atoms. The van der Waals surface area contributed by atoms with Crippen LogP contribution in [0.3, 0.4) is 0 Å². The van der Waals surface area contributed by atoms with Crippen molar-refractivity contribution in [2.45, 2.75) is 31.8 Å². The van der Waals surface area contributed by atoms with E-state index in [0.717, 1.165) is 65.1 Å². The first-order chi connectivity index (χ1) is 12.8. The fraction of sp³-hybridized carbons (Fsp3) is 0.650. The minimum Gasteiger partial charge on any atom is -0.394 e. The van der Waals surface area contributed by atoms with Crippen LogP contribution in [0.4, 0.5) is 4.79 Å². The molecule has 0 saturated carbocycles. The first-order valence-electron chi connectivity index (χ1n) is 9.90.